The molecule has 0 spiro atoms. The zero-order valence-corrected chi connectivity index (χ0v) is 20.8. The van der Waals surface area contributed by atoms with Gasteiger partial charge in [0, 0.05) is 20.1 Å². The standard InChI is InChI=1S/C22H29ClFN5O3S/c1-12-14-16(15(24)17(23)25-12)26-19(33-6)27-18(14)28-9-13-7-8-22(10-28,11-31-5)29(13)20(30)32-21(2,3)4/h13H,7-11H2,1-6H3/i5D3. The van der Waals surface area contributed by atoms with Crippen molar-refractivity contribution in [2.75, 3.05) is 37.9 Å². The largest absolute Gasteiger partial charge is 0.444 e. The summed E-state index contributed by atoms with van der Waals surface area (Å²) in [7, 11) is -2.64. The molecule has 2 aliphatic heterocycles. The maximum absolute atomic E-state index is 15.0. The fourth-order valence-electron chi connectivity index (χ4n) is 4.80. The minimum absolute atomic E-state index is 0.0663. The van der Waals surface area contributed by atoms with E-state index in [1.807, 2.05) is 4.90 Å². The third-order valence-electron chi connectivity index (χ3n) is 6.03. The van der Waals surface area contributed by atoms with E-state index in [2.05, 4.69) is 15.0 Å². The number of methoxy groups -OCH3 is 1. The van der Waals surface area contributed by atoms with Gasteiger partial charge in [-0.3, -0.25) is 4.90 Å². The predicted octanol–water partition coefficient (Wildman–Crippen LogP) is 4.45. The summed E-state index contributed by atoms with van der Waals surface area (Å²) in [4.78, 5) is 30.0. The highest BCUT2D eigenvalue weighted by Crippen LogP contribution is 2.43. The second-order valence-corrected chi connectivity index (χ2v) is 10.6. The van der Waals surface area contributed by atoms with E-state index in [0.717, 1.165) is 0 Å². The number of hydrogen-bond donors (Lipinski definition) is 0. The molecule has 2 fully saturated rings. The summed E-state index contributed by atoms with van der Waals surface area (Å²) < 4.78 is 48.7. The number of ether oxygens (including phenoxy) is 2. The van der Waals surface area contributed by atoms with Crippen LogP contribution in [-0.4, -0.2) is 76.1 Å². The Morgan fingerprint density at radius 2 is 2.15 bits per heavy atom. The minimum Gasteiger partial charge on any atom is -0.444 e. The first kappa shape index (κ1) is 20.5. The first-order valence-electron chi connectivity index (χ1n) is 12.1. The van der Waals surface area contributed by atoms with Crippen LogP contribution in [0.25, 0.3) is 10.9 Å². The molecule has 2 atom stereocenters. The number of aromatic nitrogens is 3. The minimum atomic E-state index is -2.64. The molecule has 2 aromatic heterocycles. The molecule has 4 rings (SSSR count). The Hall–Kier alpha value is -1.91. The number of rotatable bonds is 4. The molecule has 1 amide bonds. The fourth-order valence-corrected chi connectivity index (χ4v) is 5.38. The molecule has 0 N–H and O–H groups in total. The van der Waals surface area contributed by atoms with Crippen LogP contribution in [0.1, 0.15) is 43.4 Å². The molecule has 0 saturated carbocycles. The number of anilines is 1. The first-order chi connectivity index (χ1) is 16.6. The van der Waals surface area contributed by atoms with E-state index >= 15 is 0 Å². The van der Waals surface area contributed by atoms with Crippen molar-refractivity contribution in [2.45, 2.75) is 62.9 Å². The summed E-state index contributed by atoms with van der Waals surface area (Å²) in [6, 6.07) is -0.290. The van der Waals surface area contributed by atoms with Gasteiger partial charge in [0.05, 0.1) is 33.4 Å². The molecule has 2 unspecified atom stereocenters. The van der Waals surface area contributed by atoms with Crippen molar-refractivity contribution in [3.05, 3.63) is 16.7 Å². The van der Waals surface area contributed by atoms with Crippen molar-refractivity contribution in [3.8, 4) is 0 Å². The van der Waals surface area contributed by atoms with Crippen LogP contribution in [0.15, 0.2) is 5.16 Å². The van der Waals surface area contributed by atoms with E-state index in [-0.39, 0.29) is 29.9 Å². The Labute approximate surface area is 206 Å². The highest BCUT2D eigenvalue weighted by atomic mass is 35.5. The van der Waals surface area contributed by atoms with Crippen LogP contribution in [0.3, 0.4) is 0 Å². The van der Waals surface area contributed by atoms with E-state index in [1.54, 1.807) is 38.9 Å². The van der Waals surface area contributed by atoms with Gasteiger partial charge >= 0.3 is 6.09 Å². The average molecular weight is 501 g/mol. The number of carbonyl (C=O) groups is 1. The molecule has 33 heavy (non-hydrogen) atoms. The topological polar surface area (TPSA) is 80.7 Å². The molecular weight excluding hydrogens is 469 g/mol. The summed E-state index contributed by atoms with van der Waals surface area (Å²) in [6.45, 7) is 7.42. The number of halogens is 2. The summed E-state index contributed by atoms with van der Waals surface area (Å²) in [5.74, 6) is -0.272. The lowest BCUT2D eigenvalue weighted by Crippen LogP contribution is -2.66. The molecule has 8 nitrogen and oxygen atoms in total. The van der Waals surface area contributed by atoms with Crippen LogP contribution in [0.5, 0.6) is 0 Å². The monoisotopic (exact) mass is 500 g/mol. The molecule has 0 aliphatic carbocycles. The van der Waals surface area contributed by atoms with Gasteiger partial charge in [0.2, 0.25) is 0 Å². The third kappa shape index (κ3) is 4.33. The zero-order valence-electron chi connectivity index (χ0n) is 22.2. The van der Waals surface area contributed by atoms with Crippen LogP contribution >= 0.6 is 23.4 Å². The van der Waals surface area contributed by atoms with Crippen LogP contribution in [0, 0.1) is 12.7 Å². The van der Waals surface area contributed by atoms with E-state index < -0.39 is 30.1 Å². The van der Waals surface area contributed by atoms with Crippen LogP contribution in [-0.2, 0) is 9.47 Å². The smallest absolute Gasteiger partial charge is 0.411 e. The molecular formula is C22H29ClFN5O3S. The van der Waals surface area contributed by atoms with Gasteiger partial charge in [-0.2, -0.15) is 0 Å². The van der Waals surface area contributed by atoms with E-state index in [0.29, 0.717) is 41.4 Å². The normalized spacial score (nSPS) is 24.6. The predicted molar refractivity (Wildman–Crippen MR) is 127 cm³/mol. The summed E-state index contributed by atoms with van der Waals surface area (Å²) in [5.41, 5.74) is -1.18. The summed E-state index contributed by atoms with van der Waals surface area (Å²) in [5, 5.41) is 0.508. The molecule has 180 valence electrons. The van der Waals surface area contributed by atoms with Crippen molar-refractivity contribution < 1.29 is 22.8 Å². The summed E-state index contributed by atoms with van der Waals surface area (Å²) in [6.07, 6.45) is 2.40. The van der Waals surface area contributed by atoms with E-state index in [1.165, 1.54) is 11.8 Å². The van der Waals surface area contributed by atoms with Crippen LogP contribution in [0.2, 0.25) is 5.15 Å². The number of fused-ring (bicyclic) bond motifs is 3. The SMILES string of the molecule is [2H]C([2H])([2H])OCC12CCC(CN(c3nc(SC)nc4c(F)c(Cl)nc(C)c34)C1)N2C(=O)OC(C)(C)C. The number of amides is 1. The number of hydrogen-bond acceptors (Lipinski definition) is 8. The number of carbonyl (C=O) groups excluding carboxylic acids is 1. The summed E-state index contributed by atoms with van der Waals surface area (Å²) >= 11 is 7.26. The molecule has 2 bridgehead atoms. The van der Waals surface area contributed by atoms with Crippen LogP contribution in [0.4, 0.5) is 15.0 Å². The highest BCUT2D eigenvalue weighted by Gasteiger charge is 2.55. The Morgan fingerprint density at radius 3 is 2.82 bits per heavy atom. The number of pyridine rings is 1. The Bertz CT molecular complexity index is 1200. The maximum Gasteiger partial charge on any atom is 0.411 e. The van der Waals surface area contributed by atoms with Gasteiger partial charge in [0.15, 0.2) is 16.1 Å². The number of nitrogens with zero attached hydrogens (tertiary/aromatic N) is 5. The quantitative estimate of drug-likeness (QED) is 0.346. The number of piperazine rings is 1. The molecule has 4 heterocycles. The van der Waals surface area contributed by atoms with Gasteiger partial charge in [-0.05, 0) is 46.8 Å². The first-order valence-corrected chi connectivity index (χ1v) is 12.2. The lowest BCUT2D eigenvalue weighted by molar-refractivity contribution is -0.0261. The Kier molecular flexibility index (Phi) is 5.40. The molecule has 2 aliphatic rings. The van der Waals surface area contributed by atoms with Gasteiger partial charge in [-0.15, -0.1) is 0 Å². The zero-order chi connectivity index (χ0) is 26.6. The average Bonchev–Trinajstić information content (AvgIpc) is 3.00. The van der Waals surface area contributed by atoms with Crippen molar-refractivity contribution in [2.24, 2.45) is 0 Å². The molecule has 11 heteroatoms. The van der Waals surface area contributed by atoms with Gasteiger partial charge in [-0.1, -0.05) is 23.4 Å². The Morgan fingerprint density at radius 1 is 1.39 bits per heavy atom. The van der Waals surface area contributed by atoms with Gasteiger partial charge in [-0.25, -0.2) is 24.1 Å². The highest BCUT2D eigenvalue weighted by molar-refractivity contribution is 7.98. The van der Waals surface area contributed by atoms with E-state index in [9.17, 15) is 9.18 Å². The van der Waals surface area contributed by atoms with Gasteiger partial charge in [0.25, 0.3) is 0 Å². The van der Waals surface area contributed by atoms with Crippen LogP contribution < -0.4 is 4.90 Å². The maximum atomic E-state index is 15.0. The van der Waals surface area contributed by atoms with E-state index in [4.69, 9.17) is 25.2 Å². The molecule has 0 radical (unpaired) electrons. The van der Waals surface area contributed by atoms with Crippen molar-refractivity contribution >= 4 is 46.2 Å². The van der Waals surface area contributed by atoms with Gasteiger partial charge < -0.3 is 14.4 Å². The second kappa shape index (κ2) is 8.70. The lowest BCUT2D eigenvalue weighted by atomic mass is 9.95. The number of thioether (sulfide) groups is 1. The molecule has 2 aromatic rings. The molecule has 0 aromatic carbocycles. The Balaban J connectivity index is 1.81. The number of aryl methyl sites for hydroxylation is 1. The van der Waals surface area contributed by atoms with Crippen molar-refractivity contribution in [1.82, 2.24) is 19.9 Å². The van der Waals surface area contributed by atoms with Crippen molar-refractivity contribution in [1.29, 1.82) is 0 Å². The lowest BCUT2D eigenvalue weighted by Gasteiger charge is -2.49. The van der Waals surface area contributed by atoms with Crippen molar-refractivity contribution in [3.63, 3.8) is 0 Å². The molecule has 2 saturated heterocycles. The van der Waals surface area contributed by atoms with Gasteiger partial charge in [0.1, 0.15) is 16.9 Å². The second-order valence-electron chi connectivity index (χ2n) is 9.50. The fraction of sp³-hybridized carbons (Fsp3) is 0.636. The third-order valence-corrected chi connectivity index (χ3v) is 6.83.